The molecule has 2 amide bonds. The maximum Gasteiger partial charge on any atom is 0.283 e. The lowest BCUT2D eigenvalue weighted by Crippen LogP contribution is -2.56. The van der Waals surface area contributed by atoms with Crippen LogP contribution < -0.4 is 5.43 Å². The first-order chi connectivity index (χ1) is 10.7. The predicted octanol–water partition coefficient (Wildman–Crippen LogP) is 2.74. The molecule has 23 heavy (non-hydrogen) atoms. The average Bonchev–Trinajstić information content (AvgIpc) is 2.89. The van der Waals surface area contributed by atoms with Gasteiger partial charge in [0.05, 0.1) is 11.2 Å². The smallest absolute Gasteiger partial charge is 0.267 e. The van der Waals surface area contributed by atoms with Crippen LogP contribution in [0.2, 0.25) is 0 Å². The van der Waals surface area contributed by atoms with Crippen LogP contribution >= 0.6 is 11.5 Å². The van der Waals surface area contributed by atoms with Crippen LogP contribution in [0.1, 0.15) is 52.1 Å². The molecule has 0 saturated heterocycles. The van der Waals surface area contributed by atoms with E-state index in [1.807, 2.05) is 39.8 Å². The van der Waals surface area contributed by atoms with Crippen molar-refractivity contribution >= 4 is 23.3 Å². The van der Waals surface area contributed by atoms with Gasteiger partial charge in [0.2, 0.25) is 0 Å². The number of nitrogens with one attached hydrogen (secondary N) is 1. The fourth-order valence-electron chi connectivity index (χ4n) is 2.05. The molecular weight excluding hydrogens is 312 g/mol. The zero-order valence-electron chi connectivity index (χ0n) is 13.9. The van der Waals surface area contributed by atoms with Crippen molar-refractivity contribution in [2.45, 2.75) is 40.2 Å². The number of hydrogen-bond donors (Lipinski definition) is 1. The highest BCUT2D eigenvalue weighted by Gasteiger charge is 2.31. The SMILES string of the molecule is Cc1ccccc1C(=O)N(NC(=O)c1snnc1C)C(C)(C)C. The summed E-state index contributed by atoms with van der Waals surface area (Å²) in [6, 6.07) is 7.30. The number of hydrazine groups is 1. The van der Waals surface area contributed by atoms with Crippen molar-refractivity contribution < 1.29 is 9.59 Å². The molecular formula is C16H20N4O2S. The van der Waals surface area contributed by atoms with Gasteiger partial charge in [-0.2, -0.15) is 0 Å². The van der Waals surface area contributed by atoms with Crippen molar-refractivity contribution in [3.8, 4) is 0 Å². The quantitative estimate of drug-likeness (QED) is 0.858. The van der Waals surface area contributed by atoms with Crippen LogP contribution in [0.25, 0.3) is 0 Å². The second-order valence-corrected chi connectivity index (χ2v) is 7.01. The largest absolute Gasteiger partial charge is 0.283 e. The maximum atomic E-state index is 12.9. The van der Waals surface area contributed by atoms with Gasteiger partial charge in [-0.1, -0.05) is 22.7 Å². The highest BCUT2D eigenvalue weighted by molar-refractivity contribution is 7.07. The minimum absolute atomic E-state index is 0.251. The predicted molar refractivity (Wildman–Crippen MR) is 89.2 cm³/mol. The Kier molecular flexibility index (Phi) is 4.79. The van der Waals surface area contributed by atoms with Crippen molar-refractivity contribution in [1.29, 1.82) is 0 Å². The van der Waals surface area contributed by atoms with Gasteiger partial charge < -0.3 is 0 Å². The van der Waals surface area contributed by atoms with Crippen molar-refractivity contribution in [2.75, 3.05) is 0 Å². The second kappa shape index (κ2) is 6.45. The first-order valence-corrected chi connectivity index (χ1v) is 7.99. The van der Waals surface area contributed by atoms with E-state index in [2.05, 4.69) is 15.0 Å². The van der Waals surface area contributed by atoms with Gasteiger partial charge in [0.15, 0.2) is 0 Å². The van der Waals surface area contributed by atoms with Crippen molar-refractivity contribution in [3.63, 3.8) is 0 Å². The molecule has 1 N–H and O–H groups in total. The van der Waals surface area contributed by atoms with Crippen molar-refractivity contribution in [1.82, 2.24) is 20.0 Å². The molecule has 122 valence electrons. The van der Waals surface area contributed by atoms with E-state index in [0.29, 0.717) is 16.1 Å². The summed E-state index contributed by atoms with van der Waals surface area (Å²) in [7, 11) is 0. The van der Waals surface area contributed by atoms with Gasteiger partial charge in [-0.25, -0.2) is 5.01 Å². The van der Waals surface area contributed by atoms with E-state index in [-0.39, 0.29) is 11.8 Å². The second-order valence-electron chi connectivity index (χ2n) is 6.25. The third-order valence-corrected chi connectivity index (χ3v) is 4.15. The molecule has 6 nitrogen and oxygen atoms in total. The summed E-state index contributed by atoms with van der Waals surface area (Å²) in [4.78, 5) is 25.7. The van der Waals surface area contributed by atoms with Gasteiger partial charge in [-0.3, -0.25) is 15.0 Å². The van der Waals surface area contributed by atoms with Crippen LogP contribution in [0.5, 0.6) is 0 Å². The minimum atomic E-state index is -0.582. The Morgan fingerprint density at radius 3 is 2.35 bits per heavy atom. The molecule has 0 spiro atoms. The fourth-order valence-corrected chi connectivity index (χ4v) is 2.59. The van der Waals surface area contributed by atoms with E-state index in [4.69, 9.17) is 0 Å². The summed E-state index contributed by atoms with van der Waals surface area (Å²) in [6.45, 7) is 9.17. The average molecular weight is 332 g/mol. The Morgan fingerprint density at radius 2 is 1.83 bits per heavy atom. The fraction of sp³-hybridized carbons (Fsp3) is 0.375. The number of aryl methyl sites for hydroxylation is 2. The van der Waals surface area contributed by atoms with Gasteiger partial charge in [0.25, 0.3) is 11.8 Å². The number of aromatic nitrogens is 2. The van der Waals surface area contributed by atoms with Gasteiger partial charge in [0.1, 0.15) is 4.88 Å². The molecule has 0 saturated carbocycles. The third kappa shape index (κ3) is 3.73. The Labute approximate surface area is 139 Å². The molecule has 2 aromatic rings. The lowest BCUT2D eigenvalue weighted by Gasteiger charge is -2.35. The Hall–Kier alpha value is -2.28. The molecule has 1 aromatic heterocycles. The molecule has 1 aromatic carbocycles. The van der Waals surface area contributed by atoms with Crippen molar-refractivity contribution in [2.24, 2.45) is 0 Å². The monoisotopic (exact) mass is 332 g/mol. The molecule has 2 rings (SSSR count). The minimum Gasteiger partial charge on any atom is -0.267 e. The molecule has 0 unspecified atom stereocenters. The standard InChI is InChI=1S/C16H20N4O2S/c1-10-8-6-7-9-12(10)15(22)20(16(3,4)5)18-14(21)13-11(2)17-19-23-13/h6-9H,1-5H3,(H,18,21). The zero-order chi connectivity index (χ0) is 17.2. The highest BCUT2D eigenvalue weighted by atomic mass is 32.1. The number of benzene rings is 1. The number of amides is 2. The Morgan fingerprint density at radius 1 is 1.17 bits per heavy atom. The van der Waals surface area contributed by atoms with E-state index in [9.17, 15) is 9.59 Å². The van der Waals surface area contributed by atoms with E-state index < -0.39 is 5.54 Å². The first kappa shape index (κ1) is 17.1. The van der Waals surface area contributed by atoms with Gasteiger partial charge in [-0.15, -0.1) is 5.10 Å². The molecule has 1 heterocycles. The van der Waals surface area contributed by atoms with Crippen LogP contribution in [-0.4, -0.2) is 31.9 Å². The summed E-state index contributed by atoms with van der Waals surface area (Å²) in [6.07, 6.45) is 0. The van der Waals surface area contributed by atoms with Crippen LogP contribution in [-0.2, 0) is 0 Å². The molecule has 0 bridgehead atoms. The van der Waals surface area contributed by atoms with Crippen molar-refractivity contribution in [3.05, 3.63) is 46.0 Å². The van der Waals surface area contributed by atoms with Crippen LogP contribution in [0.3, 0.4) is 0 Å². The molecule has 0 radical (unpaired) electrons. The summed E-state index contributed by atoms with van der Waals surface area (Å²) in [5, 5.41) is 5.19. The Bertz CT molecular complexity index is 734. The zero-order valence-corrected chi connectivity index (χ0v) is 14.7. The summed E-state index contributed by atoms with van der Waals surface area (Å²) in [5.41, 5.74) is 4.08. The number of hydrogen-bond acceptors (Lipinski definition) is 5. The van der Waals surface area contributed by atoms with Gasteiger partial charge in [-0.05, 0) is 57.8 Å². The van der Waals surface area contributed by atoms with Gasteiger partial charge in [0, 0.05) is 5.56 Å². The molecule has 0 aliphatic rings. The number of nitrogens with zero attached hydrogens (tertiary/aromatic N) is 3. The van der Waals surface area contributed by atoms with E-state index in [0.717, 1.165) is 17.1 Å². The van der Waals surface area contributed by atoms with Crippen LogP contribution in [0.4, 0.5) is 0 Å². The summed E-state index contributed by atoms with van der Waals surface area (Å²) in [5.74, 6) is -0.631. The van der Waals surface area contributed by atoms with E-state index in [1.54, 1.807) is 19.1 Å². The Balaban J connectivity index is 2.32. The number of carbonyl (C=O) groups excluding carboxylic acids is 2. The van der Waals surface area contributed by atoms with Gasteiger partial charge >= 0.3 is 0 Å². The van der Waals surface area contributed by atoms with E-state index in [1.165, 1.54) is 5.01 Å². The molecule has 0 atom stereocenters. The maximum absolute atomic E-state index is 12.9. The van der Waals surface area contributed by atoms with Crippen LogP contribution in [0.15, 0.2) is 24.3 Å². The van der Waals surface area contributed by atoms with Crippen LogP contribution in [0, 0.1) is 13.8 Å². The first-order valence-electron chi connectivity index (χ1n) is 7.22. The topological polar surface area (TPSA) is 75.2 Å². The highest BCUT2D eigenvalue weighted by Crippen LogP contribution is 2.18. The lowest BCUT2D eigenvalue weighted by molar-refractivity contribution is 0.0359. The number of rotatable bonds is 2. The number of carbonyl (C=O) groups is 2. The third-order valence-electron chi connectivity index (χ3n) is 3.32. The lowest BCUT2D eigenvalue weighted by atomic mass is 10.0. The molecule has 7 heteroatoms. The molecule has 0 aliphatic carbocycles. The molecule has 0 fully saturated rings. The summed E-state index contributed by atoms with van der Waals surface area (Å²) >= 11 is 1.01. The summed E-state index contributed by atoms with van der Waals surface area (Å²) < 4.78 is 3.76. The molecule has 0 aliphatic heterocycles. The van der Waals surface area contributed by atoms with E-state index >= 15 is 0 Å². The normalized spacial score (nSPS) is 11.2.